The van der Waals surface area contributed by atoms with Crippen LogP contribution in [0.5, 0.6) is 0 Å². The van der Waals surface area contributed by atoms with Gasteiger partial charge >= 0.3 is 0 Å². The number of hydrogen-bond acceptors (Lipinski definition) is 4. The van der Waals surface area contributed by atoms with Crippen molar-refractivity contribution in [1.82, 2.24) is 19.1 Å². The van der Waals surface area contributed by atoms with Gasteiger partial charge in [0.15, 0.2) is 11.4 Å². The molecule has 0 bridgehead atoms. The number of fused-ring (bicyclic) bond motifs is 12. The largest absolute Gasteiger partial charge is 0.456 e. The molecule has 0 saturated heterocycles. The molecule has 0 saturated carbocycles. The van der Waals surface area contributed by atoms with Gasteiger partial charge in [0.2, 0.25) is 0 Å². The molecule has 0 amide bonds. The Hall–Kier alpha value is -9.52. The Kier molecular flexibility index (Phi) is 8.26. The Morgan fingerprint density at radius 3 is 1.60 bits per heavy atom. The molecular formula is C64H38N4O2. The van der Waals surface area contributed by atoms with Crippen LogP contribution in [0, 0.1) is 0 Å². The monoisotopic (exact) mass is 894 g/mol. The summed E-state index contributed by atoms with van der Waals surface area (Å²) >= 11 is 0. The minimum Gasteiger partial charge on any atom is -0.456 e. The molecule has 0 aliphatic heterocycles. The van der Waals surface area contributed by atoms with Gasteiger partial charge in [-0.25, -0.2) is 9.97 Å². The van der Waals surface area contributed by atoms with Gasteiger partial charge in [0, 0.05) is 60.3 Å². The van der Waals surface area contributed by atoms with Crippen molar-refractivity contribution >= 4 is 87.5 Å². The molecule has 70 heavy (non-hydrogen) atoms. The van der Waals surface area contributed by atoms with Crippen molar-refractivity contribution in [2.45, 2.75) is 0 Å². The summed E-state index contributed by atoms with van der Waals surface area (Å²) in [4.78, 5) is 10.5. The number of furan rings is 2. The molecule has 5 aromatic heterocycles. The lowest BCUT2D eigenvalue weighted by Gasteiger charge is -2.15. The molecule has 0 spiro atoms. The zero-order valence-corrected chi connectivity index (χ0v) is 37.5. The Balaban J connectivity index is 1.01. The second-order valence-corrected chi connectivity index (χ2v) is 18.1. The van der Waals surface area contributed by atoms with Crippen LogP contribution < -0.4 is 0 Å². The average molecular weight is 895 g/mol. The first-order chi connectivity index (χ1) is 34.7. The van der Waals surface area contributed by atoms with E-state index in [0.29, 0.717) is 5.82 Å². The third kappa shape index (κ3) is 5.80. The lowest BCUT2D eigenvalue weighted by atomic mass is 9.91. The molecule has 5 heterocycles. The third-order valence-electron chi connectivity index (χ3n) is 14.2. The highest BCUT2D eigenvalue weighted by Crippen LogP contribution is 2.45. The van der Waals surface area contributed by atoms with E-state index in [-0.39, 0.29) is 0 Å². The van der Waals surface area contributed by atoms with Crippen molar-refractivity contribution in [3.05, 3.63) is 231 Å². The fourth-order valence-electron chi connectivity index (χ4n) is 11.0. The molecule has 0 radical (unpaired) electrons. The third-order valence-corrected chi connectivity index (χ3v) is 14.2. The molecule has 326 valence electrons. The maximum absolute atomic E-state index is 6.64. The van der Waals surface area contributed by atoms with Gasteiger partial charge in [-0.15, -0.1) is 0 Å². The number of para-hydroxylation sites is 5. The van der Waals surface area contributed by atoms with E-state index in [2.05, 4.69) is 191 Å². The average Bonchev–Trinajstić information content (AvgIpc) is 4.18. The predicted octanol–water partition coefficient (Wildman–Crippen LogP) is 17.1. The zero-order valence-electron chi connectivity index (χ0n) is 37.5. The van der Waals surface area contributed by atoms with Crippen molar-refractivity contribution in [2.24, 2.45) is 0 Å². The molecule has 0 unspecified atom stereocenters. The van der Waals surface area contributed by atoms with Gasteiger partial charge in [-0.2, -0.15) is 0 Å². The molecule has 0 aliphatic rings. The highest BCUT2D eigenvalue weighted by Gasteiger charge is 2.23. The smallest absolute Gasteiger partial charge is 0.162 e. The molecule has 0 N–H and O–H groups in total. The number of nitrogens with zero attached hydrogens (tertiary/aromatic N) is 4. The quantitative estimate of drug-likeness (QED) is 0.167. The summed E-state index contributed by atoms with van der Waals surface area (Å²) < 4.78 is 17.7. The summed E-state index contributed by atoms with van der Waals surface area (Å²) in [6, 6.07) is 81.5. The van der Waals surface area contributed by atoms with Crippen molar-refractivity contribution in [3.8, 4) is 56.4 Å². The van der Waals surface area contributed by atoms with E-state index in [1.54, 1.807) is 0 Å². The lowest BCUT2D eigenvalue weighted by Crippen LogP contribution is -2.02. The Bertz CT molecular complexity index is 4540. The first kappa shape index (κ1) is 38.6. The summed E-state index contributed by atoms with van der Waals surface area (Å²) in [5.41, 5.74) is 16.1. The van der Waals surface area contributed by atoms with E-state index in [0.717, 1.165) is 133 Å². The van der Waals surface area contributed by atoms with Crippen LogP contribution in [0.15, 0.2) is 239 Å². The SMILES string of the molecule is c1ccc(-c2cc(-n3c4ccccc4c4cc(-c5ccc6c(c5)c5ccccc5n6-c5cccc6c5oc5ccccc56)c(-c5ccc6oc7ccccc7c6c5)cc43)nc(-c3ccccc3)n2)cc1. The molecule has 0 fully saturated rings. The highest BCUT2D eigenvalue weighted by atomic mass is 16.3. The summed E-state index contributed by atoms with van der Waals surface area (Å²) in [5.74, 6) is 1.46. The van der Waals surface area contributed by atoms with Crippen LogP contribution in [0.4, 0.5) is 0 Å². The van der Waals surface area contributed by atoms with Crippen molar-refractivity contribution < 1.29 is 8.83 Å². The second-order valence-electron chi connectivity index (χ2n) is 18.1. The normalized spacial score (nSPS) is 12.0. The van der Waals surface area contributed by atoms with Crippen LogP contribution in [0.25, 0.3) is 144 Å². The van der Waals surface area contributed by atoms with E-state index >= 15 is 0 Å². The molecule has 15 rings (SSSR count). The van der Waals surface area contributed by atoms with E-state index in [9.17, 15) is 0 Å². The Morgan fingerprint density at radius 1 is 0.300 bits per heavy atom. The topological polar surface area (TPSA) is 61.9 Å². The van der Waals surface area contributed by atoms with Crippen molar-refractivity contribution in [2.75, 3.05) is 0 Å². The van der Waals surface area contributed by atoms with E-state index < -0.39 is 0 Å². The molecule has 10 aromatic carbocycles. The summed E-state index contributed by atoms with van der Waals surface area (Å²) in [6.07, 6.45) is 0. The molecular weight excluding hydrogens is 857 g/mol. The summed E-state index contributed by atoms with van der Waals surface area (Å²) in [7, 11) is 0. The van der Waals surface area contributed by atoms with Crippen molar-refractivity contribution in [1.29, 1.82) is 0 Å². The number of hydrogen-bond donors (Lipinski definition) is 0. The molecule has 0 aliphatic carbocycles. The first-order valence-corrected chi connectivity index (χ1v) is 23.6. The molecule has 0 atom stereocenters. The van der Waals surface area contributed by atoms with Crippen LogP contribution >= 0.6 is 0 Å². The van der Waals surface area contributed by atoms with Gasteiger partial charge in [0.05, 0.1) is 33.4 Å². The fraction of sp³-hybridized carbons (Fsp3) is 0. The first-order valence-electron chi connectivity index (χ1n) is 23.6. The molecule has 15 aromatic rings. The van der Waals surface area contributed by atoms with Crippen LogP contribution in [0.3, 0.4) is 0 Å². The van der Waals surface area contributed by atoms with Gasteiger partial charge in [0.25, 0.3) is 0 Å². The second kappa shape index (κ2) is 15.0. The van der Waals surface area contributed by atoms with Gasteiger partial charge in [-0.1, -0.05) is 158 Å². The van der Waals surface area contributed by atoms with Crippen LogP contribution in [-0.4, -0.2) is 19.1 Å². The molecule has 6 heteroatoms. The highest BCUT2D eigenvalue weighted by molar-refractivity contribution is 6.16. The number of aromatic nitrogens is 4. The molecule has 6 nitrogen and oxygen atoms in total. The van der Waals surface area contributed by atoms with Crippen LogP contribution in [-0.2, 0) is 0 Å². The van der Waals surface area contributed by atoms with Crippen molar-refractivity contribution in [3.63, 3.8) is 0 Å². The summed E-state index contributed by atoms with van der Waals surface area (Å²) in [6.45, 7) is 0. The van der Waals surface area contributed by atoms with Gasteiger partial charge in [-0.3, -0.25) is 4.57 Å². The summed E-state index contributed by atoms with van der Waals surface area (Å²) in [5, 5.41) is 8.98. The van der Waals surface area contributed by atoms with Crippen LogP contribution in [0.2, 0.25) is 0 Å². The number of benzene rings is 10. The van der Waals surface area contributed by atoms with Crippen LogP contribution in [0.1, 0.15) is 0 Å². The Labute approximate surface area is 400 Å². The van der Waals surface area contributed by atoms with Gasteiger partial charge < -0.3 is 13.4 Å². The fourth-order valence-corrected chi connectivity index (χ4v) is 11.0. The lowest BCUT2D eigenvalue weighted by molar-refractivity contribution is 0.666. The number of rotatable bonds is 6. The predicted molar refractivity (Wildman–Crippen MR) is 287 cm³/mol. The maximum atomic E-state index is 6.64. The van der Waals surface area contributed by atoms with Gasteiger partial charge in [0.1, 0.15) is 22.6 Å². The maximum Gasteiger partial charge on any atom is 0.162 e. The minimum atomic E-state index is 0.668. The Morgan fingerprint density at radius 2 is 0.843 bits per heavy atom. The zero-order chi connectivity index (χ0) is 45.9. The minimum absolute atomic E-state index is 0.668. The van der Waals surface area contributed by atoms with Gasteiger partial charge in [-0.05, 0) is 89.0 Å². The van der Waals surface area contributed by atoms with E-state index in [1.807, 2.05) is 48.5 Å². The standard InChI is InChI=1S/C64H38N4O2/c1-3-16-39(17-4-1)53-38-62(66-64(65-53)40-18-5-2-6-19-40)68-55-26-12-8-21-44(55)51-36-48(49(37-58(51)68)42-31-33-61-52(35-42)46-23-10-13-28-59(46)69-61)41-30-32-56-50(34-41)43-20-7-11-25-54(43)67(56)57-27-15-24-47-45-22-9-14-29-60(45)70-63(47)57/h1-38H. The van der Waals surface area contributed by atoms with E-state index in [4.69, 9.17) is 18.8 Å². The van der Waals surface area contributed by atoms with E-state index in [1.165, 1.54) is 5.39 Å².